The molecule has 1 aliphatic heterocycles. The van der Waals surface area contributed by atoms with Crippen molar-refractivity contribution in [3.63, 3.8) is 0 Å². The maximum atomic E-state index is 12.2. The van der Waals surface area contributed by atoms with Crippen LogP contribution in [0.15, 0.2) is 18.2 Å². The summed E-state index contributed by atoms with van der Waals surface area (Å²) in [5, 5.41) is 2.84. The normalized spacial score (nSPS) is 14.2. The highest BCUT2D eigenvalue weighted by Crippen LogP contribution is 2.12. The second-order valence-electron chi connectivity index (χ2n) is 7.26. The van der Waals surface area contributed by atoms with Gasteiger partial charge in [0.1, 0.15) is 0 Å². The number of hydrogen-bond donors (Lipinski definition) is 1. The molecule has 1 N–H and O–H groups in total. The molecule has 0 atom stereocenters. The van der Waals surface area contributed by atoms with Crippen molar-refractivity contribution in [3.05, 3.63) is 34.9 Å². The van der Waals surface area contributed by atoms with E-state index in [0.29, 0.717) is 45.6 Å². The Labute approximate surface area is 161 Å². The highest BCUT2D eigenvalue weighted by Gasteiger charge is 2.21. The number of nitrogens with zero attached hydrogens (tertiary/aromatic N) is 2. The van der Waals surface area contributed by atoms with Crippen molar-refractivity contribution in [1.29, 1.82) is 0 Å². The molecule has 148 valence electrons. The minimum atomic E-state index is -0.00645. The molecule has 6 nitrogen and oxygen atoms in total. The SMILES string of the molecule is CC(=O)N1CCN(C(=O)CCNC(=O)CCCc2ccc(C)c(C)c2)CC1. The molecule has 1 aromatic carbocycles. The molecule has 1 fully saturated rings. The van der Waals surface area contributed by atoms with Crippen LogP contribution < -0.4 is 5.32 Å². The number of benzene rings is 1. The average Bonchev–Trinajstić information content (AvgIpc) is 2.64. The smallest absolute Gasteiger partial charge is 0.224 e. The molecule has 3 amide bonds. The highest BCUT2D eigenvalue weighted by molar-refractivity contribution is 5.79. The van der Waals surface area contributed by atoms with Crippen LogP contribution in [0, 0.1) is 13.8 Å². The lowest BCUT2D eigenvalue weighted by Gasteiger charge is -2.34. The Morgan fingerprint density at radius 1 is 0.963 bits per heavy atom. The van der Waals surface area contributed by atoms with E-state index in [9.17, 15) is 14.4 Å². The largest absolute Gasteiger partial charge is 0.356 e. The minimum Gasteiger partial charge on any atom is -0.356 e. The van der Waals surface area contributed by atoms with E-state index in [0.717, 1.165) is 12.8 Å². The van der Waals surface area contributed by atoms with Gasteiger partial charge in [-0.1, -0.05) is 18.2 Å². The van der Waals surface area contributed by atoms with Crippen LogP contribution in [-0.4, -0.2) is 60.2 Å². The third kappa shape index (κ3) is 6.70. The van der Waals surface area contributed by atoms with Gasteiger partial charge >= 0.3 is 0 Å². The second-order valence-corrected chi connectivity index (χ2v) is 7.26. The van der Waals surface area contributed by atoms with Crippen LogP contribution in [-0.2, 0) is 20.8 Å². The van der Waals surface area contributed by atoms with Crippen LogP contribution >= 0.6 is 0 Å². The summed E-state index contributed by atoms with van der Waals surface area (Å²) in [6.45, 7) is 8.43. The van der Waals surface area contributed by atoms with Crippen molar-refractivity contribution >= 4 is 17.7 Å². The van der Waals surface area contributed by atoms with Crippen LogP contribution in [0.5, 0.6) is 0 Å². The number of carbonyl (C=O) groups is 3. The standard InChI is InChI=1S/C21H31N3O3/c1-16-7-8-19(15-17(16)2)5-4-6-20(26)22-10-9-21(27)24-13-11-23(12-14-24)18(3)25/h7-8,15H,4-6,9-14H2,1-3H3,(H,22,26). The first-order chi connectivity index (χ1) is 12.9. The van der Waals surface area contributed by atoms with Gasteiger partial charge in [-0.3, -0.25) is 14.4 Å². The van der Waals surface area contributed by atoms with E-state index in [1.165, 1.54) is 16.7 Å². The van der Waals surface area contributed by atoms with E-state index in [1.807, 2.05) is 0 Å². The molecule has 2 rings (SSSR count). The number of amides is 3. The molecule has 0 radical (unpaired) electrons. The number of nitrogens with one attached hydrogen (secondary N) is 1. The number of aryl methyl sites for hydroxylation is 3. The molecule has 0 unspecified atom stereocenters. The van der Waals surface area contributed by atoms with Gasteiger partial charge in [-0.05, 0) is 43.4 Å². The van der Waals surface area contributed by atoms with E-state index in [1.54, 1.807) is 16.7 Å². The van der Waals surface area contributed by atoms with Crippen LogP contribution in [0.25, 0.3) is 0 Å². The van der Waals surface area contributed by atoms with Gasteiger partial charge in [-0.25, -0.2) is 0 Å². The monoisotopic (exact) mass is 373 g/mol. The Bertz CT molecular complexity index is 679. The molecular weight excluding hydrogens is 342 g/mol. The molecule has 1 aromatic rings. The van der Waals surface area contributed by atoms with Crippen molar-refractivity contribution in [2.45, 2.75) is 46.5 Å². The Hall–Kier alpha value is -2.37. The van der Waals surface area contributed by atoms with Crippen molar-refractivity contribution < 1.29 is 14.4 Å². The third-order valence-corrected chi connectivity index (χ3v) is 5.18. The average molecular weight is 373 g/mol. The molecule has 0 aromatic heterocycles. The molecule has 0 aliphatic carbocycles. The first-order valence-electron chi connectivity index (χ1n) is 9.73. The molecule has 27 heavy (non-hydrogen) atoms. The first kappa shape index (κ1) is 20.9. The maximum absolute atomic E-state index is 12.2. The van der Waals surface area contributed by atoms with Crippen LogP contribution in [0.1, 0.15) is 42.9 Å². The molecule has 6 heteroatoms. The van der Waals surface area contributed by atoms with Crippen molar-refractivity contribution in [1.82, 2.24) is 15.1 Å². The molecule has 0 spiro atoms. The molecule has 1 heterocycles. The number of rotatable bonds is 7. The van der Waals surface area contributed by atoms with Gasteiger partial charge in [-0.2, -0.15) is 0 Å². The van der Waals surface area contributed by atoms with Gasteiger partial charge in [0.2, 0.25) is 17.7 Å². The van der Waals surface area contributed by atoms with E-state index in [2.05, 4.69) is 37.4 Å². The van der Waals surface area contributed by atoms with Crippen LogP contribution in [0.3, 0.4) is 0 Å². The predicted octanol–water partition coefficient (Wildman–Crippen LogP) is 1.82. The van der Waals surface area contributed by atoms with E-state index in [-0.39, 0.29) is 17.7 Å². The second kappa shape index (κ2) is 10.1. The summed E-state index contributed by atoms with van der Waals surface area (Å²) in [4.78, 5) is 39.0. The number of piperazine rings is 1. The van der Waals surface area contributed by atoms with Gasteiger partial charge in [0.05, 0.1) is 0 Å². The quantitative estimate of drug-likeness (QED) is 0.793. The van der Waals surface area contributed by atoms with Crippen LogP contribution in [0.2, 0.25) is 0 Å². The highest BCUT2D eigenvalue weighted by atomic mass is 16.2. The van der Waals surface area contributed by atoms with Gasteiger partial charge in [0.15, 0.2) is 0 Å². The number of carbonyl (C=O) groups excluding carboxylic acids is 3. The van der Waals surface area contributed by atoms with Gasteiger partial charge in [-0.15, -0.1) is 0 Å². The van der Waals surface area contributed by atoms with E-state index < -0.39 is 0 Å². The Morgan fingerprint density at radius 2 is 1.63 bits per heavy atom. The minimum absolute atomic E-state index is 0.00645. The summed E-state index contributed by atoms with van der Waals surface area (Å²) in [6, 6.07) is 6.41. The summed E-state index contributed by atoms with van der Waals surface area (Å²) < 4.78 is 0. The third-order valence-electron chi connectivity index (χ3n) is 5.18. The lowest BCUT2D eigenvalue weighted by Crippen LogP contribution is -2.50. The summed E-state index contributed by atoms with van der Waals surface area (Å²) in [6.07, 6.45) is 2.46. The summed E-state index contributed by atoms with van der Waals surface area (Å²) >= 11 is 0. The lowest BCUT2D eigenvalue weighted by atomic mass is 10.0. The molecule has 0 bridgehead atoms. The van der Waals surface area contributed by atoms with Gasteiger partial charge in [0.25, 0.3) is 0 Å². The first-order valence-corrected chi connectivity index (χ1v) is 9.73. The zero-order chi connectivity index (χ0) is 19.8. The lowest BCUT2D eigenvalue weighted by molar-refractivity contribution is -0.138. The fourth-order valence-electron chi connectivity index (χ4n) is 3.24. The Morgan fingerprint density at radius 3 is 2.26 bits per heavy atom. The van der Waals surface area contributed by atoms with Gasteiger partial charge < -0.3 is 15.1 Å². The van der Waals surface area contributed by atoms with E-state index >= 15 is 0 Å². The van der Waals surface area contributed by atoms with Crippen LogP contribution in [0.4, 0.5) is 0 Å². The summed E-state index contributed by atoms with van der Waals surface area (Å²) in [7, 11) is 0. The molecule has 0 saturated carbocycles. The molecular formula is C21H31N3O3. The summed E-state index contributed by atoms with van der Waals surface area (Å²) in [5.74, 6) is 0.0804. The Kier molecular flexibility index (Phi) is 7.82. The maximum Gasteiger partial charge on any atom is 0.224 e. The van der Waals surface area contributed by atoms with Crippen molar-refractivity contribution in [2.24, 2.45) is 0 Å². The topological polar surface area (TPSA) is 69.7 Å². The van der Waals surface area contributed by atoms with Gasteiger partial charge in [0, 0.05) is 52.5 Å². The van der Waals surface area contributed by atoms with Crippen molar-refractivity contribution in [2.75, 3.05) is 32.7 Å². The number of hydrogen-bond acceptors (Lipinski definition) is 3. The Balaban J connectivity index is 1.59. The van der Waals surface area contributed by atoms with Crippen molar-refractivity contribution in [3.8, 4) is 0 Å². The fourth-order valence-corrected chi connectivity index (χ4v) is 3.24. The van der Waals surface area contributed by atoms with E-state index in [4.69, 9.17) is 0 Å². The zero-order valence-electron chi connectivity index (χ0n) is 16.7. The molecule has 1 saturated heterocycles. The predicted molar refractivity (Wildman–Crippen MR) is 105 cm³/mol. The zero-order valence-corrected chi connectivity index (χ0v) is 16.7. The summed E-state index contributed by atoms with van der Waals surface area (Å²) in [5.41, 5.74) is 3.81. The fraction of sp³-hybridized carbons (Fsp3) is 0.571. The molecule has 1 aliphatic rings.